The second-order valence-corrected chi connectivity index (χ2v) is 8.26. The summed E-state index contributed by atoms with van der Waals surface area (Å²) in [6.07, 6.45) is 1.75. The summed E-state index contributed by atoms with van der Waals surface area (Å²) in [6.45, 7) is 2.65. The molecule has 0 atom stereocenters. The molecule has 0 saturated heterocycles. The Bertz CT molecular complexity index is 1100. The number of anilines is 1. The van der Waals surface area contributed by atoms with E-state index in [4.69, 9.17) is 0 Å². The number of aryl methyl sites for hydroxylation is 1. The van der Waals surface area contributed by atoms with E-state index >= 15 is 0 Å². The van der Waals surface area contributed by atoms with Gasteiger partial charge in [-0.3, -0.25) is 10.1 Å². The van der Waals surface area contributed by atoms with Crippen molar-refractivity contribution < 1.29 is 13.2 Å². The van der Waals surface area contributed by atoms with Gasteiger partial charge in [0.05, 0.1) is 15.9 Å². The Morgan fingerprint density at radius 2 is 1.85 bits per heavy atom. The second kappa shape index (κ2) is 6.79. The lowest BCUT2D eigenvalue weighted by molar-refractivity contribution is 0.102. The maximum atomic E-state index is 12.6. The summed E-state index contributed by atoms with van der Waals surface area (Å²) in [4.78, 5) is 17.2. The number of sulfonamides is 1. The third-order valence-corrected chi connectivity index (χ3v) is 6.06. The van der Waals surface area contributed by atoms with Gasteiger partial charge in [-0.2, -0.15) is 0 Å². The molecule has 2 N–H and O–H groups in total. The zero-order chi connectivity index (χ0) is 19.0. The van der Waals surface area contributed by atoms with Gasteiger partial charge in [0.15, 0.2) is 0 Å². The van der Waals surface area contributed by atoms with Crippen molar-refractivity contribution in [3.63, 3.8) is 0 Å². The highest BCUT2D eigenvalue weighted by Gasteiger charge is 2.28. The summed E-state index contributed by atoms with van der Waals surface area (Å²) in [5.74, 6) is 0.134. The van der Waals surface area contributed by atoms with Crippen molar-refractivity contribution in [1.82, 2.24) is 14.3 Å². The van der Waals surface area contributed by atoms with Crippen LogP contribution in [-0.4, -0.2) is 29.9 Å². The average Bonchev–Trinajstić information content (AvgIpc) is 3.39. The van der Waals surface area contributed by atoms with E-state index in [0.29, 0.717) is 18.1 Å². The number of carbonyl (C=O) groups is 1. The maximum Gasteiger partial charge on any atom is 0.257 e. The number of amides is 1. The van der Waals surface area contributed by atoms with Gasteiger partial charge in [0, 0.05) is 18.2 Å². The number of carbonyl (C=O) groups excluding carboxylic acids is 1. The molecular weight excluding hydrogens is 364 g/mol. The van der Waals surface area contributed by atoms with E-state index in [0.717, 1.165) is 23.9 Å². The molecule has 8 heteroatoms. The van der Waals surface area contributed by atoms with Crippen LogP contribution in [0.25, 0.3) is 11.0 Å². The van der Waals surface area contributed by atoms with Crippen LogP contribution in [0.15, 0.2) is 53.4 Å². The Morgan fingerprint density at radius 1 is 1.15 bits per heavy atom. The fourth-order valence-corrected chi connectivity index (χ4v) is 4.24. The molecular formula is C19H20N4O3S. The lowest BCUT2D eigenvalue weighted by Crippen LogP contribution is -2.25. The highest BCUT2D eigenvalue weighted by Crippen LogP contribution is 2.23. The van der Waals surface area contributed by atoms with Gasteiger partial charge >= 0.3 is 0 Å². The molecule has 1 saturated carbocycles. The minimum atomic E-state index is -3.52. The van der Waals surface area contributed by atoms with E-state index in [1.807, 2.05) is 35.8 Å². The van der Waals surface area contributed by atoms with Crippen LogP contribution in [0.4, 0.5) is 5.95 Å². The van der Waals surface area contributed by atoms with E-state index < -0.39 is 10.0 Å². The van der Waals surface area contributed by atoms with Gasteiger partial charge in [-0.1, -0.05) is 12.1 Å². The number of nitrogens with zero attached hydrogens (tertiary/aromatic N) is 2. The molecule has 1 aliphatic rings. The van der Waals surface area contributed by atoms with Crippen molar-refractivity contribution in [2.75, 3.05) is 5.32 Å². The van der Waals surface area contributed by atoms with Crippen LogP contribution in [0.2, 0.25) is 0 Å². The number of para-hydroxylation sites is 2. The van der Waals surface area contributed by atoms with Gasteiger partial charge in [0.2, 0.25) is 16.0 Å². The Kier molecular flexibility index (Phi) is 4.45. The number of hydrogen-bond donors (Lipinski definition) is 2. The Balaban J connectivity index is 1.55. The molecule has 1 aliphatic carbocycles. The van der Waals surface area contributed by atoms with Crippen molar-refractivity contribution >= 4 is 32.9 Å². The van der Waals surface area contributed by atoms with Crippen LogP contribution in [0.5, 0.6) is 0 Å². The van der Waals surface area contributed by atoms with Crippen LogP contribution in [0.1, 0.15) is 30.1 Å². The number of hydrogen-bond acceptors (Lipinski definition) is 4. The molecule has 1 aromatic heterocycles. The molecule has 0 spiro atoms. The maximum absolute atomic E-state index is 12.6. The first-order valence-corrected chi connectivity index (χ1v) is 10.4. The van der Waals surface area contributed by atoms with Gasteiger partial charge < -0.3 is 4.57 Å². The van der Waals surface area contributed by atoms with Crippen LogP contribution in [0.3, 0.4) is 0 Å². The molecule has 140 valence electrons. The van der Waals surface area contributed by atoms with E-state index in [2.05, 4.69) is 15.0 Å². The molecule has 2 aromatic carbocycles. The van der Waals surface area contributed by atoms with Crippen LogP contribution >= 0.6 is 0 Å². The minimum Gasteiger partial charge on any atom is -0.310 e. The van der Waals surface area contributed by atoms with Crippen molar-refractivity contribution in [3.05, 3.63) is 54.1 Å². The standard InChI is InChI=1S/C19H20N4O3S/c1-2-23-17-6-4-3-5-16(17)20-19(23)21-18(24)13-7-11-15(12-8-13)27(25,26)22-14-9-10-14/h3-8,11-12,14,22H,2,9-10H2,1H3,(H,20,21,24). The van der Waals surface area contributed by atoms with Gasteiger partial charge in [0.25, 0.3) is 5.91 Å². The minimum absolute atomic E-state index is 0.0417. The zero-order valence-electron chi connectivity index (χ0n) is 14.8. The third kappa shape index (κ3) is 3.58. The normalized spacial score (nSPS) is 14.4. The van der Waals surface area contributed by atoms with Crippen molar-refractivity contribution in [1.29, 1.82) is 0 Å². The summed E-state index contributed by atoms with van der Waals surface area (Å²) in [7, 11) is -3.52. The van der Waals surface area contributed by atoms with Gasteiger partial charge in [0.1, 0.15) is 0 Å². The number of aromatic nitrogens is 2. The number of benzene rings is 2. The molecule has 3 aromatic rings. The smallest absolute Gasteiger partial charge is 0.257 e. The van der Waals surface area contributed by atoms with Crippen LogP contribution < -0.4 is 10.0 Å². The first-order chi connectivity index (χ1) is 13.0. The summed E-state index contributed by atoms with van der Waals surface area (Å²) in [5.41, 5.74) is 2.13. The van der Waals surface area contributed by atoms with E-state index in [9.17, 15) is 13.2 Å². The largest absolute Gasteiger partial charge is 0.310 e. The predicted octanol–water partition coefficient (Wildman–Crippen LogP) is 2.75. The summed E-state index contributed by atoms with van der Waals surface area (Å²) in [5, 5.41) is 2.82. The van der Waals surface area contributed by atoms with Gasteiger partial charge in [-0.05, 0) is 56.2 Å². The molecule has 1 fully saturated rings. The summed E-state index contributed by atoms with van der Waals surface area (Å²) in [6, 6.07) is 13.6. The first-order valence-electron chi connectivity index (χ1n) is 8.87. The van der Waals surface area contributed by atoms with E-state index in [1.54, 1.807) is 0 Å². The number of fused-ring (bicyclic) bond motifs is 1. The summed E-state index contributed by atoms with van der Waals surface area (Å²) >= 11 is 0. The molecule has 1 heterocycles. The van der Waals surface area contributed by atoms with Crippen LogP contribution in [0, 0.1) is 0 Å². The molecule has 4 rings (SSSR count). The Morgan fingerprint density at radius 3 is 2.52 bits per heavy atom. The highest BCUT2D eigenvalue weighted by atomic mass is 32.2. The molecule has 0 bridgehead atoms. The quantitative estimate of drug-likeness (QED) is 0.683. The second-order valence-electron chi connectivity index (χ2n) is 6.54. The number of imidazole rings is 1. The highest BCUT2D eigenvalue weighted by molar-refractivity contribution is 7.89. The van der Waals surface area contributed by atoms with Crippen molar-refractivity contribution in [3.8, 4) is 0 Å². The molecule has 0 aliphatic heterocycles. The molecule has 27 heavy (non-hydrogen) atoms. The predicted molar refractivity (Wildman–Crippen MR) is 103 cm³/mol. The Labute approximate surface area is 157 Å². The van der Waals surface area contributed by atoms with Crippen molar-refractivity contribution in [2.45, 2.75) is 37.2 Å². The fourth-order valence-electron chi connectivity index (χ4n) is 2.94. The first kappa shape index (κ1) is 17.7. The van der Waals surface area contributed by atoms with Crippen molar-refractivity contribution in [2.24, 2.45) is 0 Å². The lowest BCUT2D eigenvalue weighted by atomic mass is 10.2. The lowest BCUT2D eigenvalue weighted by Gasteiger charge is -2.09. The van der Waals surface area contributed by atoms with E-state index in [1.165, 1.54) is 24.3 Å². The average molecular weight is 384 g/mol. The van der Waals surface area contributed by atoms with E-state index in [-0.39, 0.29) is 16.8 Å². The SMILES string of the molecule is CCn1c(NC(=O)c2ccc(S(=O)(=O)NC3CC3)cc2)nc2ccccc21. The summed E-state index contributed by atoms with van der Waals surface area (Å²) < 4.78 is 29.0. The molecule has 0 radical (unpaired) electrons. The monoisotopic (exact) mass is 384 g/mol. The number of rotatable bonds is 6. The fraction of sp³-hybridized carbons (Fsp3) is 0.263. The van der Waals surface area contributed by atoms with Crippen LogP contribution in [-0.2, 0) is 16.6 Å². The molecule has 1 amide bonds. The Hall–Kier alpha value is -2.71. The zero-order valence-corrected chi connectivity index (χ0v) is 15.7. The third-order valence-electron chi connectivity index (χ3n) is 4.52. The topological polar surface area (TPSA) is 93.1 Å². The molecule has 0 unspecified atom stereocenters. The van der Waals surface area contributed by atoms with Gasteiger partial charge in [-0.15, -0.1) is 0 Å². The number of nitrogens with one attached hydrogen (secondary N) is 2. The molecule has 7 nitrogen and oxygen atoms in total. The van der Waals surface area contributed by atoms with Gasteiger partial charge in [-0.25, -0.2) is 18.1 Å².